The van der Waals surface area contributed by atoms with E-state index in [2.05, 4.69) is 29.3 Å². The summed E-state index contributed by atoms with van der Waals surface area (Å²) in [6.45, 7) is 8.77. The summed E-state index contributed by atoms with van der Waals surface area (Å²) in [5, 5.41) is 2.81. The van der Waals surface area contributed by atoms with Gasteiger partial charge < -0.3 is 19.5 Å². The molecule has 8 nitrogen and oxygen atoms in total. The Morgan fingerprint density at radius 3 is 2.59 bits per heavy atom. The molecule has 0 aliphatic carbocycles. The average molecular weight is 506 g/mol. The predicted molar refractivity (Wildman–Crippen MR) is 141 cm³/mol. The average Bonchev–Trinajstić information content (AvgIpc) is 3.28. The fourth-order valence-electron chi connectivity index (χ4n) is 4.39. The number of hydrogen-bond donors (Lipinski definition) is 1. The van der Waals surface area contributed by atoms with Gasteiger partial charge >= 0.3 is 6.09 Å². The van der Waals surface area contributed by atoms with Crippen LogP contribution in [0.1, 0.15) is 55.1 Å². The van der Waals surface area contributed by atoms with Gasteiger partial charge in [-0.2, -0.15) is 0 Å². The Hall–Kier alpha value is -3.54. The number of morpholine rings is 1. The van der Waals surface area contributed by atoms with Gasteiger partial charge in [0.2, 0.25) is 0 Å². The SMILES string of the molecule is CCCCOc1c#cc(C2[C@@H](CC)OC(=O)N2c2ccc(C(=O)N/C=C/CN3CCOCC3)cc2)cc1. The molecule has 2 aromatic carbocycles. The number of cyclic esters (lactones) is 1. The van der Waals surface area contributed by atoms with Crippen LogP contribution in [0.2, 0.25) is 0 Å². The fraction of sp³-hybridized carbons (Fsp3) is 0.448. The van der Waals surface area contributed by atoms with Gasteiger partial charge in [0.25, 0.3) is 5.91 Å². The first-order valence-electron chi connectivity index (χ1n) is 13.0. The zero-order chi connectivity index (χ0) is 26.0. The van der Waals surface area contributed by atoms with Crippen molar-refractivity contribution in [3.05, 3.63) is 71.9 Å². The topological polar surface area (TPSA) is 80.3 Å². The van der Waals surface area contributed by atoms with E-state index in [1.54, 1.807) is 35.4 Å². The standard InChI is InChI=1S/C29H35N3O5/c1-3-5-19-36-25-13-9-22(10-14-25)27-26(4-2)37-29(34)32(27)24-11-7-23(8-12-24)28(33)30-15-6-16-31-17-20-35-21-18-31/h6-9,11-13,15,26-27H,3-5,16-21H2,1-2H3,(H,30,33)/b15-6+/t26-,27?/m1/s1. The highest BCUT2D eigenvalue weighted by atomic mass is 16.6. The summed E-state index contributed by atoms with van der Waals surface area (Å²) < 4.78 is 16.7. The maximum absolute atomic E-state index is 12.8. The van der Waals surface area contributed by atoms with Crippen molar-refractivity contribution in [1.29, 1.82) is 0 Å². The third-order valence-corrected chi connectivity index (χ3v) is 6.51. The molecular weight excluding hydrogens is 470 g/mol. The van der Waals surface area contributed by atoms with Crippen LogP contribution in [0.3, 0.4) is 0 Å². The van der Waals surface area contributed by atoms with Crippen molar-refractivity contribution in [2.45, 2.75) is 45.3 Å². The third-order valence-electron chi connectivity index (χ3n) is 6.51. The number of rotatable bonds is 11. The minimum atomic E-state index is -0.420. The van der Waals surface area contributed by atoms with Crippen LogP contribution in [0.25, 0.3) is 0 Å². The number of nitrogens with one attached hydrogen (secondary N) is 1. The van der Waals surface area contributed by atoms with Gasteiger partial charge in [0.15, 0.2) is 5.75 Å². The lowest BCUT2D eigenvalue weighted by molar-refractivity contribution is 0.0434. The molecule has 1 unspecified atom stereocenters. The van der Waals surface area contributed by atoms with Crippen LogP contribution in [-0.2, 0) is 9.47 Å². The maximum atomic E-state index is 12.8. The van der Waals surface area contributed by atoms with E-state index in [0.29, 0.717) is 30.0 Å². The first kappa shape index (κ1) is 26.5. The molecule has 0 aromatic heterocycles. The van der Waals surface area contributed by atoms with Crippen LogP contribution in [0.15, 0.2) is 48.7 Å². The van der Waals surface area contributed by atoms with Crippen LogP contribution in [0, 0.1) is 12.1 Å². The summed E-state index contributed by atoms with van der Waals surface area (Å²) >= 11 is 0. The molecule has 2 fully saturated rings. The molecule has 2 aliphatic heterocycles. The molecular formula is C29H35N3O5. The number of carbonyl (C=O) groups excluding carboxylic acids is 2. The Morgan fingerprint density at radius 2 is 1.92 bits per heavy atom. The zero-order valence-electron chi connectivity index (χ0n) is 21.6. The van der Waals surface area contributed by atoms with Crippen molar-refractivity contribution >= 4 is 17.7 Å². The van der Waals surface area contributed by atoms with Gasteiger partial charge in [-0.05, 0) is 55.3 Å². The van der Waals surface area contributed by atoms with E-state index >= 15 is 0 Å². The van der Waals surface area contributed by atoms with Crippen molar-refractivity contribution in [2.75, 3.05) is 44.4 Å². The van der Waals surface area contributed by atoms with E-state index in [4.69, 9.17) is 14.2 Å². The molecule has 2 saturated heterocycles. The first-order valence-corrected chi connectivity index (χ1v) is 13.0. The second-order valence-electron chi connectivity index (χ2n) is 9.09. The summed E-state index contributed by atoms with van der Waals surface area (Å²) in [5.41, 5.74) is 1.96. The molecule has 0 spiro atoms. The number of anilines is 1. The van der Waals surface area contributed by atoms with Gasteiger partial charge in [0, 0.05) is 42.6 Å². The van der Waals surface area contributed by atoms with Gasteiger partial charge in [-0.3, -0.25) is 14.6 Å². The smallest absolute Gasteiger partial charge is 0.415 e. The molecule has 0 radical (unpaired) electrons. The van der Waals surface area contributed by atoms with Gasteiger partial charge in [0.1, 0.15) is 12.1 Å². The van der Waals surface area contributed by atoms with Crippen LogP contribution in [0.5, 0.6) is 5.75 Å². The number of carbonyl (C=O) groups is 2. The molecule has 2 heterocycles. The lowest BCUT2D eigenvalue weighted by Gasteiger charge is -2.25. The summed E-state index contributed by atoms with van der Waals surface area (Å²) in [5.74, 6) is 0.426. The van der Waals surface area contributed by atoms with Crippen molar-refractivity contribution in [2.24, 2.45) is 0 Å². The molecule has 8 heteroatoms. The molecule has 1 N–H and O–H groups in total. The molecule has 2 aliphatic rings. The number of hydrogen-bond acceptors (Lipinski definition) is 6. The summed E-state index contributed by atoms with van der Waals surface area (Å²) in [6, 6.07) is 16.6. The maximum Gasteiger partial charge on any atom is 0.415 e. The largest absolute Gasteiger partial charge is 0.485 e. The highest BCUT2D eigenvalue weighted by molar-refractivity contribution is 5.96. The van der Waals surface area contributed by atoms with E-state index in [0.717, 1.165) is 51.3 Å². The van der Waals surface area contributed by atoms with E-state index in [9.17, 15) is 9.59 Å². The van der Waals surface area contributed by atoms with E-state index in [-0.39, 0.29) is 18.1 Å². The molecule has 37 heavy (non-hydrogen) atoms. The molecule has 2 atom stereocenters. The van der Waals surface area contributed by atoms with Gasteiger partial charge in [-0.1, -0.05) is 32.4 Å². The van der Waals surface area contributed by atoms with E-state index in [1.165, 1.54) is 0 Å². The molecule has 196 valence electrons. The lowest BCUT2D eigenvalue weighted by Crippen LogP contribution is -2.36. The first-order chi connectivity index (χ1) is 18.1. The molecule has 0 bridgehead atoms. The number of amides is 2. The Kier molecular flexibility index (Phi) is 9.41. The second-order valence-corrected chi connectivity index (χ2v) is 9.09. The lowest BCUT2D eigenvalue weighted by atomic mass is 9.99. The fourth-order valence-corrected chi connectivity index (χ4v) is 4.39. The Morgan fingerprint density at radius 1 is 1.14 bits per heavy atom. The predicted octanol–water partition coefficient (Wildman–Crippen LogP) is 4.52. The van der Waals surface area contributed by atoms with Gasteiger partial charge in [-0.15, -0.1) is 0 Å². The molecule has 4 rings (SSSR count). The van der Waals surface area contributed by atoms with Gasteiger partial charge in [0.05, 0.1) is 19.8 Å². The Balaban J connectivity index is 1.41. The van der Waals surface area contributed by atoms with Crippen molar-refractivity contribution in [1.82, 2.24) is 10.2 Å². The summed E-state index contributed by atoms with van der Waals surface area (Å²) in [4.78, 5) is 29.3. The summed E-state index contributed by atoms with van der Waals surface area (Å²) in [7, 11) is 0. The number of nitrogens with zero attached hydrogens (tertiary/aromatic N) is 2. The molecule has 0 saturated carbocycles. The number of unbranched alkanes of at least 4 members (excludes halogenated alkanes) is 1. The monoisotopic (exact) mass is 505 g/mol. The third kappa shape index (κ3) is 6.82. The zero-order valence-corrected chi connectivity index (χ0v) is 21.6. The van der Waals surface area contributed by atoms with Crippen LogP contribution >= 0.6 is 0 Å². The van der Waals surface area contributed by atoms with Crippen molar-refractivity contribution in [3.63, 3.8) is 0 Å². The van der Waals surface area contributed by atoms with E-state index < -0.39 is 6.09 Å². The number of ether oxygens (including phenoxy) is 3. The highest BCUT2D eigenvalue weighted by Gasteiger charge is 2.43. The molecule has 2 aromatic rings. The number of benzene rings is 1. The Bertz CT molecular complexity index is 1050. The quantitative estimate of drug-likeness (QED) is 0.453. The minimum absolute atomic E-state index is 0.210. The van der Waals surface area contributed by atoms with Crippen molar-refractivity contribution < 1.29 is 23.8 Å². The Labute approximate surface area is 219 Å². The van der Waals surface area contributed by atoms with Crippen LogP contribution < -0.4 is 15.0 Å². The normalized spacial score (nSPS) is 20.1. The minimum Gasteiger partial charge on any atom is -0.485 e. The second kappa shape index (κ2) is 13.1. The van der Waals surface area contributed by atoms with Crippen LogP contribution in [0.4, 0.5) is 10.5 Å². The highest BCUT2D eigenvalue weighted by Crippen LogP contribution is 2.38. The van der Waals surface area contributed by atoms with Crippen molar-refractivity contribution in [3.8, 4) is 5.75 Å². The van der Waals surface area contributed by atoms with Crippen LogP contribution in [-0.4, -0.2) is 62.5 Å². The molecule has 2 amide bonds. The van der Waals surface area contributed by atoms with E-state index in [1.807, 2.05) is 25.1 Å². The summed E-state index contributed by atoms with van der Waals surface area (Å²) in [6.07, 6.45) is 5.56. The van der Waals surface area contributed by atoms with Gasteiger partial charge in [-0.25, -0.2) is 4.79 Å².